The molecule has 2 aromatic carbocycles. The molecule has 2 aromatic heterocycles. The normalized spacial score (nSPS) is 11.5. The number of carbonyl (C=O) groups is 1. The number of anilines is 1. The quantitative estimate of drug-likeness (QED) is 0.555. The summed E-state index contributed by atoms with van der Waals surface area (Å²) < 4.78 is 7.00. The zero-order valence-corrected chi connectivity index (χ0v) is 17.1. The van der Waals surface area contributed by atoms with Crippen LogP contribution in [0.3, 0.4) is 0 Å². The Kier molecular flexibility index (Phi) is 4.86. The zero-order valence-electron chi connectivity index (χ0n) is 17.1. The van der Waals surface area contributed by atoms with Crippen LogP contribution in [0.1, 0.15) is 37.0 Å². The molecule has 0 saturated carbocycles. The Labute approximate surface area is 173 Å². The van der Waals surface area contributed by atoms with Crippen molar-refractivity contribution in [3.63, 3.8) is 0 Å². The molecule has 0 atom stereocenters. The Bertz CT molecular complexity index is 1200. The van der Waals surface area contributed by atoms with E-state index < -0.39 is 0 Å². The van der Waals surface area contributed by atoms with E-state index in [2.05, 4.69) is 31.0 Å². The molecule has 1 N–H and O–H groups in total. The fourth-order valence-corrected chi connectivity index (χ4v) is 2.91. The first-order valence-corrected chi connectivity index (χ1v) is 9.40. The highest BCUT2D eigenvalue weighted by Crippen LogP contribution is 2.27. The summed E-state index contributed by atoms with van der Waals surface area (Å²) in [6.07, 6.45) is 0. The van der Waals surface area contributed by atoms with E-state index >= 15 is 0 Å². The van der Waals surface area contributed by atoms with Crippen molar-refractivity contribution in [3.8, 4) is 22.8 Å². The Morgan fingerprint density at radius 3 is 2.60 bits per heavy atom. The van der Waals surface area contributed by atoms with E-state index in [1.165, 1.54) is 0 Å². The molecule has 2 heterocycles. The summed E-state index contributed by atoms with van der Waals surface area (Å²) in [5.74, 6) is 1.21. The van der Waals surface area contributed by atoms with Gasteiger partial charge in [0.2, 0.25) is 0 Å². The van der Waals surface area contributed by atoms with Gasteiger partial charge in [-0.2, -0.15) is 4.98 Å². The Morgan fingerprint density at radius 1 is 1.10 bits per heavy atom. The number of amides is 1. The van der Waals surface area contributed by atoms with E-state index in [1.807, 2.05) is 45.0 Å². The minimum atomic E-state index is -0.283. The number of rotatable bonds is 4. The molecule has 0 radical (unpaired) electrons. The molecule has 0 aliphatic rings. The largest absolute Gasteiger partial charge is 0.334 e. The molecule has 4 aromatic rings. The number of nitrogens with zero attached hydrogens (tertiary/aromatic N) is 6. The summed E-state index contributed by atoms with van der Waals surface area (Å²) in [5, 5.41) is 18.5. The molecule has 9 heteroatoms. The molecule has 152 valence electrons. The minimum Gasteiger partial charge on any atom is -0.334 e. The van der Waals surface area contributed by atoms with Crippen LogP contribution < -0.4 is 5.32 Å². The maximum absolute atomic E-state index is 13.0. The lowest BCUT2D eigenvalue weighted by molar-refractivity contribution is 0.102. The molecule has 0 bridgehead atoms. The highest BCUT2D eigenvalue weighted by atomic mass is 16.5. The van der Waals surface area contributed by atoms with E-state index in [0.717, 1.165) is 5.56 Å². The lowest BCUT2D eigenvalue weighted by atomic mass is 9.96. The summed E-state index contributed by atoms with van der Waals surface area (Å²) in [6.45, 7) is 6.00. The van der Waals surface area contributed by atoms with E-state index in [1.54, 1.807) is 36.0 Å². The third-order valence-corrected chi connectivity index (χ3v) is 4.50. The third-order valence-electron chi connectivity index (χ3n) is 4.50. The summed E-state index contributed by atoms with van der Waals surface area (Å²) in [5.41, 5.74) is 2.17. The predicted molar refractivity (Wildman–Crippen MR) is 111 cm³/mol. The SMILES string of the molecule is Cn1nnnc1-c1cccc(NC(=O)c2ccccc2-c2nc(C(C)(C)C)no2)c1. The monoisotopic (exact) mass is 403 g/mol. The topological polar surface area (TPSA) is 112 Å². The number of hydrogen-bond acceptors (Lipinski definition) is 7. The number of carbonyl (C=O) groups excluding carboxylic acids is 1. The third kappa shape index (κ3) is 3.82. The first-order valence-electron chi connectivity index (χ1n) is 9.40. The number of aryl methyl sites for hydroxylation is 1. The number of benzene rings is 2. The lowest BCUT2D eigenvalue weighted by Gasteiger charge is -2.11. The van der Waals surface area contributed by atoms with Gasteiger partial charge < -0.3 is 9.84 Å². The first-order chi connectivity index (χ1) is 14.3. The highest BCUT2D eigenvalue weighted by Gasteiger charge is 2.23. The molecule has 0 unspecified atom stereocenters. The summed E-state index contributed by atoms with van der Waals surface area (Å²) in [7, 11) is 1.76. The van der Waals surface area contributed by atoms with Crippen LogP contribution in [0.25, 0.3) is 22.8 Å². The summed E-state index contributed by atoms with van der Waals surface area (Å²) >= 11 is 0. The molecule has 0 saturated heterocycles. The van der Waals surface area contributed by atoms with Gasteiger partial charge in [0.15, 0.2) is 11.6 Å². The predicted octanol–water partition coefficient (Wildman–Crippen LogP) is 3.48. The van der Waals surface area contributed by atoms with Gasteiger partial charge in [0.1, 0.15) is 0 Å². The molecule has 30 heavy (non-hydrogen) atoms. The Hall–Kier alpha value is -3.88. The van der Waals surface area contributed by atoms with Gasteiger partial charge in [-0.3, -0.25) is 4.79 Å². The van der Waals surface area contributed by atoms with Crippen molar-refractivity contribution in [2.75, 3.05) is 5.32 Å². The van der Waals surface area contributed by atoms with Crippen molar-refractivity contribution in [1.29, 1.82) is 0 Å². The molecule has 0 aliphatic heterocycles. The van der Waals surface area contributed by atoms with Crippen molar-refractivity contribution in [2.45, 2.75) is 26.2 Å². The first kappa shape index (κ1) is 19.4. The average molecular weight is 403 g/mol. The van der Waals surface area contributed by atoms with Gasteiger partial charge in [0.25, 0.3) is 11.8 Å². The second-order valence-corrected chi connectivity index (χ2v) is 7.88. The Morgan fingerprint density at radius 2 is 1.90 bits per heavy atom. The maximum Gasteiger partial charge on any atom is 0.258 e. The molecular weight excluding hydrogens is 382 g/mol. The zero-order chi connectivity index (χ0) is 21.3. The van der Waals surface area contributed by atoms with Crippen molar-refractivity contribution in [2.24, 2.45) is 7.05 Å². The lowest BCUT2D eigenvalue weighted by Crippen LogP contribution is -2.14. The fourth-order valence-electron chi connectivity index (χ4n) is 2.91. The van der Waals surface area contributed by atoms with E-state index in [4.69, 9.17) is 4.52 Å². The minimum absolute atomic E-state index is 0.256. The van der Waals surface area contributed by atoms with Crippen LogP contribution in [0.2, 0.25) is 0 Å². The smallest absolute Gasteiger partial charge is 0.258 e. The van der Waals surface area contributed by atoms with Crippen molar-refractivity contribution < 1.29 is 9.32 Å². The van der Waals surface area contributed by atoms with Gasteiger partial charge >= 0.3 is 0 Å². The second-order valence-electron chi connectivity index (χ2n) is 7.88. The standard InChI is InChI=1S/C21H21N7O2/c1-21(2,3)20-23-19(30-25-20)16-11-6-5-10-15(16)18(29)22-14-9-7-8-13(12-14)17-24-26-27-28(17)4/h5-12H,1-4H3,(H,22,29). The van der Waals surface area contributed by atoms with Crippen LogP contribution in [0.4, 0.5) is 5.69 Å². The fraction of sp³-hybridized carbons (Fsp3) is 0.238. The Balaban J connectivity index is 1.63. The summed E-state index contributed by atoms with van der Waals surface area (Å²) in [6, 6.07) is 14.5. The van der Waals surface area contributed by atoms with Crippen molar-refractivity contribution >= 4 is 11.6 Å². The van der Waals surface area contributed by atoms with Crippen LogP contribution in [-0.4, -0.2) is 36.3 Å². The van der Waals surface area contributed by atoms with E-state index in [0.29, 0.717) is 34.4 Å². The maximum atomic E-state index is 13.0. The average Bonchev–Trinajstić information content (AvgIpc) is 3.37. The number of hydrogen-bond donors (Lipinski definition) is 1. The number of tetrazole rings is 1. The molecule has 0 aliphatic carbocycles. The highest BCUT2D eigenvalue weighted by molar-refractivity contribution is 6.08. The molecule has 1 amide bonds. The van der Waals surface area contributed by atoms with Crippen molar-refractivity contribution in [1.82, 2.24) is 30.3 Å². The van der Waals surface area contributed by atoms with Gasteiger partial charge in [-0.25, -0.2) is 4.68 Å². The van der Waals surface area contributed by atoms with Gasteiger partial charge in [-0.15, -0.1) is 5.10 Å². The van der Waals surface area contributed by atoms with E-state index in [9.17, 15) is 4.79 Å². The second kappa shape index (κ2) is 7.51. The molecule has 4 rings (SSSR count). The molecule has 0 fully saturated rings. The summed E-state index contributed by atoms with van der Waals surface area (Å²) in [4.78, 5) is 17.5. The van der Waals surface area contributed by atoms with Gasteiger partial charge in [0, 0.05) is 23.7 Å². The van der Waals surface area contributed by atoms with Crippen molar-refractivity contribution in [3.05, 3.63) is 59.9 Å². The van der Waals surface area contributed by atoms with Crippen LogP contribution in [0.15, 0.2) is 53.1 Å². The van der Waals surface area contributed by atoms with Crippen LogP contribution >= 0.6 is 0 Å². The van der Waals surface area contributed by atoms with Crippen LogP contribution in [-0.2, 0) is 12.5 Å². The van der Waals surface area contributed by atoms with Crippen LogP contribution in [0.5, 0.6) is 0 Å². The molecule has 0 spiro atoms. The molecular formula is C21H21N7O2. The number of aromatic nitrogens is 6. The van der Waals surface area contributed by atoms with Gasteiger partial charge in [-0.05, 0) is 34.7 Å². The number of nitrogens with one attached hydrogen (secondary N) is 1. The van der Waals surface area contributed by atoms with Gasteiger partial charge in [-0.1, -0.05) is 50.2 Å². The van der Waals surface area contributed by atoms with Gasteiger partial charge in [0.05, 0.1) is 11.1 Å². The van der Waals surface area contributed by atoms with Crippen LogP contribution in [0, 0.1) is 0 Å². The molecule has 9 nitrogen and oxygen atoms in total. The van der Waals surface area contributed by atoms with E-state index in [-0.39, 0.29) is 11.3 Å².